The Hall–Kier alpha value is -2.07. The van der Waals surface area contributed by atoms with Gasteiger partial charge in [-0.15, -0.1) is 0 Å². The van der Waals surface area contributed by atoms with Crippen molar-refractivity contribution in [3.63, 3.8) is 0 Å². The highest BCUT2D eigenvalue weighted by Crippen LogP contribution is 2.28. The number of nitrogens with two attached hydrogens (primary N) is 1. The van der Waals surface area contributed by atoms with Crippen molar-refractivity contribution >= 4 is 17.5 Å². The monoisotopic (exact) mass is 248 g/mol. The van der Waals surface area contributed by atoms with Crippen LogP contribution in [0.2, 0.25) is 5.02 Å². The molecule has 0 atom stereocenters. The molecule has 1 aromatic heterocycles. The molecule has 4 nitrogen and oxygen atoms in total. The van der Waals surface area contributed by atoms with E-state index in [1.54, 1.807) is 42.6 Å². The number of nitrogens with zero attached hydrogens (tertiary/aromatic N) is 1. The van der Waals surface area contributed by atoms with E-state index in [0.29, 0.717) is 10.8 Å². The van der Waals surface area contributed by atoms with Gasteiger partial charge in [-0.25, -0.2) is 4.98 Å². The van der Waals surface area contributed by atoms with Gasteiger partial charge in [0, 0.05) is 6.20 Å². The van der Waals surface area contributed by atoms with Gasteiger partial charge in [-0.1, -0.05) is 23.7 Å². The molecule has 0 saturated heterocycles. The zero-order valence-corrected chi connectivity index (χ0v) is 9.52. The molecule has 0 aliphatic rings. The first-order chi connectivity index (χ1) is 8.18. The molecule has 0 unspecified atom stereocenters. The maximum absolute atomic E-state index is 11.2. The van der Waals surface area contributed by atoms with Crippen molar-refractivity contribution in [3.05, 3.63) is 53.2 Å². The average Bonchev–Trinajstić information content (AvgIpc) is 2.32. The Morgan fingerprint density at radius 3 is 2.71 bits per heavy atom. The third kappa shape index (κ3) is 2.54. The number of aromatic nitrogens is 1. The first kappa shape index (κ1) is 11.4. The Labute approximate surface area is 103 Å². The minimum Gasteiger partial charge on any atom is -0.437 e. The molecule has 1 aromatic carbocycles. The molecule has 17 heavy (non-hydrogen) atoms. The molecule has 1 heterocycles. The van der Waals surface area contributed by atoms with Crippen LogP contribution in [0.15, 0.2) is 42.6 Å². The van der Waals surface area contributed by atoms with Gasteiger partial charge in [0.05, 0.1) is 5.56 Å². The summed E-state index contributed by atoms with van der Waals surface area (Å²) >= 11 is 5.90. The molecular weight excluding hydrogens is 240 g/mol. The summed E-state index contributed by atoms with van der Waals surface area (Å²) in [6.45, 7) is 0. The van der Waals surface area contributed by atoms with E-state index in [1.165, 1.54) is 0 Å². The largest absolute Gasteiger partial charge is 0.437 e. The van der Waals surface area contributed by atoms with Gasteiger partial charge in [0.15, 0.2) is 0 Å². The summed E-state index contributed by atoms with van der Waals surface area (Å²) < 4.78 is 5.46. The first-order valence-electron chi connectivity index (χ1n) is 4.85. The van der Waals surface area contributed by atoms with Gasteiger partial charge in [0.25, 0.3) is 5.91 Å². The number of primary amides is 1. The van der Waals surface area contributed by atoms with Gasteiger partial charge in [-0.3, -0.25) is 4.79 Å². The summed E-state index contributed by atoms with van der Waals surface area (Å²) in [6, 6.07) is 9.98. The van der Waals surface area contributed by atoms with Crippen LogP contribution in [-0.2, 0) is 0 Å². The molecule has 0 spiro atoms. The van der Waals surface area contributed by atoms with Crippen LogP contribution < -0.4 is 10.5 Å². The first-order valence-corrected chi connectivity index (χ1v) is 5.23. The van der Waals surface area contributed by atoms with Crippen LogP contribution in [0, 0.1) is 0 Å². The van der Waals surface area contributed by atoms with Crippen molar-refractivity contribution in [2.24, 2.45) is 5.73 Å². The molecule has 2 aromatic rings. The minimum absolute atomic E-state index is 0.239. The number of ether oxygens (including phenoxy) is 1. The quantitative estimate of drug-likeness (QED) is 0.908. The Morgan fingerprint density at radius 1 is 1.24 bits per heavy atom. The number of benzene rings is 1. The fourth-order valence-electron chi connectivity index (χ4n) is 1.31. The molecule has 2 rings (SSSR count). The van der Waals surface area contributed by atoms with Crippen LogP contribution in [0.25, 0.3) is 0 Å². The van der Waals surface area contributed by atoms with Crippen LogP contribution in [0.4, 0.5) is 0 Å². The van der Waals surface area contributed by atoms with Gasteiger partial charge in [-0.2, -0.15) is 0 Å². The van der Waals surface area contributed by atoms with Gasteiger partial charge in [-0.05, 0) is 24.3 Å². The van der Waals surface area contributed by atoms with E-state index in [1.807, 2.05) is 0 Å². The number of carbonyl (C=O) groups is 1. The maximum atomic E-state index is 11.2. The summed E-state index contributed by atoms with van der Waals surface area (Å²) in [7, 11) is 0. The highest BCUT2D eigenvalue weighted by Gasteiger charge is 2.11. The maximum Gasteiger partial charge on any atom is 0.252 e. The Morgan fingerprint density at radius 2 is 2.00 bits per heavy atom. The molecule has 86 valence electrons. The lowest BCUT2D eigenvalue weighted by molar-refractivity contribution is 0.0998. The van der Waals surface area contributed by atoms with E-state index in [-0.39, 0.29) is 11.4 Å². The topological polar surface area (TPSA) is 65.2 Å². The van der Waals surface area contributed by atoms with Crippen LogP contribution in [0.3, 0.4) is 0 Å². The number of para-hydroxylation sites is 1. The molecule has 0 aliphatic carbocycles. The molecule has 0 fully saturated rings. The average molecular weight is 249 g/mol. The normalized spacial score (nSPS) is 9.94. The number of amides is 1. The smallest absolute Gasteiger partial charge is 0.252 e. The van der Waals surface area contributed by atoms with E-state index >= 15 is 0 Å². The minimum atomic E-state index is -0.562. The van der Waals surface area contributed by atoms with Crippen LogP contribution in [-0.4, -0.2) is 10.9 Å². The molecule has 0 saturated carbocycles. The highest BCUT2D eigenvalue weighted by molar-refractivity contribution is 6.31. The number of hydrogen-bond donors (Lipinski definition) is 1. The van der Waals surface area contributed by atoms with Crippen LogP contribution in [0.5, 0.6) is 11.6 Å². The summed E-state index contributed by atoms with van der Waals surface area (Å²) in [4.78, 5) is 15.2. The van der Waals surface area contributed by atoms with Gasteiger partial charge in [0.1, 0.15) is 10.8 Å². The fourth-order valence-corrected chi connectivity index (χ4v) is 1.47. The number of pyridine rings is 1. The summed E-state index contributed by atoms with van der Waals surface area (Å²) in [5, 5.41) is 0.367. The standard InChI is InChI=1S/C12H9ClN2O2/c13-9-5-3-7-15-12(9)17-10-6-2-1-4-8(10)11(14)16/h1-7H,(H2,14,16). The van der Waals surface area contributed by atoms with Crippen LogP contribution in [0.1, 0.15) is 10.4 Å². The van der Waals surface area contributed by atoms with E-state index in [4.69, 9.17) is 22.1 Å². The molecule has 0 bridgehead atoms. The van der Waals surface area contributed by atoms with Crippen molar-refractivity contribution in [1.29, 1.82) is 0 Å². The molecule has 0 radical (unpaired) electrons. The lowest BCUT2D eigenvalue weighted by Crippen LogP contribution is -2.12. The second-order valence-corrected chi connectivity index (χ2v) is 3.66. The van der Waals surface area contributed by atoms with Crippen molar-refractivity contribution < 1.29 is 9.53 Å². The van der Waals surface area contributed by atoms with Crippen molar-refractivity contribution in [3.8, 4) is 11.6 Å². The Kier molecular flexibility index (Phi) is 3.25. The van der Waals surface area contributed by atoms with E-state index in [2.05, 4.69) is 4.98 Å². The third-order valence-electron chi connectivity index (χ3n) is 2.08. The number of halogens is 1. The second kappa shape index (κ2) is 4.84. The number of hydrogen-bond acceptors (Lipinski definition) is 3. The van der Waals surface area contributed by atoms with E-state index in [0.717, 1.165) is 0 Å². The highest BCUT2D eigenvalue weighted by atomic mass is 35.5. The molecule has 1 amide bonds. The van der Waals surface area contributed by atoms with Gasteiger partial charge < -0.3 is 10.5 Å². The van der Waals surface area contributed by atoms with Gasteiger partial charge in [0.2, 0.25) is 5.88 Å². The summed E-state index contributed by atoms with van der Waals surface area (Å²) in [6.07, 6.45) is 1.55. The van der Waals surface area contributed by atoms with E-state index < -0.39 is 5.91 Å². The predicted molar refractivity (Wildman–Crippen MR) is 64.3 cm³/mol. The van der Waals surface area contributed by atoms with Crippen molar-refractivity contribution in [1.82, 2.24) is 4.98 Å². The molecule has 5 heteroatoms. The van der Waals surface area contributed by atoms with E-state index in [9.17, 15) is 4.79 Å². The molecule has 0 aliphatic heterocycles. The van der Waals surface area contributed by atoms with Crippen LogP contribution >= 0.6 is 11.6 Å². The second-order valence-electron chi connectivity index (χ2n) is 3.25. The Bertz CT molecular complexity index is 558. The van der Waals surface area contributed by atoms with Crippen molar-refractivity contribution in [2.45, 2.75) is 0 Å². The molecular formula is C12H9ClN2O2. The zero-order chi connectivity index (χ0) is 12.3. The zero-order valence-electron chi connectivity index (χ0n) is 8.76. The number of carbonyl (C=O) groups excluding carboxylic acids is 1. The van der Waals surface area contributed by atoms with Crippen molar-refractivity contribution in [2.75, 3.05) is 0 Å². The predicted octanol–water partition coefficient (Wildman–Crippen LogP) is 2.63. The summed E-state index contributed by atoms with van der Waals surface area (Å²) in [5.41, 5.74) is 5.52. The third-order valence-corrected chi connectivity index (χ3v) is 2.37. The van der Waals surface area contributed by atoms with Gasteiger partial charge >= 0.3 is 0 Å². The lowest BCUT2D eigenvalue weighted by atomic mass is 10.2. The lowest BCUT2D eigenvalue weighted by Gasteiger charge is -2.08. The molecule has 2 N–H and O–H groups in total. The summed E-state index contributed by atoms with van der Waals surface area (Å²) in [5.74, 6) is 0.0103. The number of rotatable bonds is 3. The fraction of sp³-hybridized carbons (Fsp3) is 0. The SMILES string of the molecule is NC(=O)c1ccccc1Oc1ncccc1Cl. The Balaban J connectivity index is 2.37.